The summed E-state index contributed by atoms with van der Waals surface area (Å²) in [5.74, 6) is 0.318. The van der Waals surface area contributed by atoms with Gasteiger partial charge in [-0.05, 0) is 73.3 Å². The molecule has 2 aliphatic rings. The summed E-state index contributed by atoms with van der Waals surface area (Å²) < 4.78 is 1.43. The molecule has 39 heavy (non-hydrogen) atoms. The van der Waals surface area contributed by atoms with Gasteiger partial charge in [0, 0.05) is 56.4 Å². The van der Waals surface area contributed by atoms with Gasteiger partial charge in [0.05, 0.1) is 5.69 Å². The second-order valence-electron chi connectivity index (χ2n) is 10.3. The van der Waals surface area contributed by atoms with E-state index < -0.39 is 0 Å². The number of phenols is 1. The number of hydrogen-bond acceptors (Lipinski definition) is 8. The van der Waals surface area contributed by atoms with E-state index in [0.717, 1.165) is 74.4 Å². The number of amides is 1. The van der Waals surface area contributed by atoms with Gasteiger partial charge in [-0.1, -0.05) is 12.1 Å². The van der Waals surface area contributed by atoms with Crippen LogP contribution in [-0.4, -0.2) is 80.3 Å². The van der Waals surface area contributed by atoms with Crippen molar-refractivity contribution in [3.63, 3.8) is 0 Å². The summed E-state index contributed by atoms with van der Waals surface area (Å²) in [5, 5.41) is 17.1. The number of carbonyl (C=O) groups excluding carboxylic acids is 1. The van der Waals surface area contributed by atoms with Gasteiger partial charge < -0.3 is 26.0 Å². The zero-order valence-corrected chi connectivity index (χ0v) is 22.0. The number of rotatable bonds is 6. The maximum absolute atomic E-state index is 13.0. The van der Waals surface area contributed by atoms with Crippen molar-refractivity contribution in [1.29, 1.82) is 0 Å². The Hall–Kier alpha value is -4.28. The Labute approximate surface area is 227 Å². The number of fused-ring (bicyclic) bond motifs is 3. The third-order valence-corrected chi connectivity index (χ3v) is 7.58. The van der Waals surface area contributed by atoms with Crippen LogP contribution < -0.4 is 11.1 Å². The molecule has 0 atom stereocenters. The van der Waals surface area contributed by atoms with Gasteiger partial charge in [0.1, 0.15) is 11.3 Å². The molecule has 1 amide bonds. The maximum atomic E-state index is 13.0. The second kappa shape index (κ2) is 10.5. The Kier molecular flexibility index (Phi) is 6.72. The largest absolute Gasteiger partial charge is 0.508 e. The lowest BCUT2D eigenvalue weighted by Crippen LogP contribution is -2.45. The first-order valence-electron chi connectivity index (χ1n) is 13.3. The average Bonchev–Trinajstić information content (AvgIpc) is 3.34. The summed E-state index contributed by atoms with van der Waals surface area (Å²) in [6.45, 7) is 5.47. The summed E-state index contributed by atoms with van der Waals surface area (Å²) in [6.07, 6.45) is 5.92. The molecule has 0 radical (unpaired) electrons. The van der Waals surface area contributed by atoms with Crippen LogP contribution in [0.25, 0.3) is 17.2 Å². The molecule has 0 bridgehead atoms. The van der Waals surface area contributed by atoms with Crippen molar-refractivity contribution in [3.05, 3.63) is 77.1 Å². The molecule has 6 rings (SSSR count). The number of nitrogens with two attached hydrogens (primary N) is 1. The number of likely N-dealkylation sites (N-methyl/N-ethyl adjacent to an activating group) is 1. The number of aromatic nitrogens is 4. The van der Waals surface area contributed by atoms with Gasteiger partial charge in [-0.15, -0.1) is 5.10 Å². The van der Waals surface area contributed by atoms with E-state index in [4.69, 9.17) is 10.7 Å². The molecule has 4 N–H and O–H groups in total. The maximum Gasteiger partial charge on any atom is 0.261 e. The smallest absolute Gasteiger partial charge is 0.261 e. The van der Waals surface area contributed by atoms with Crippen LogP contribution in [0.15, 0.2) is 54.9 Å². The Morgan fingerprint density at radius 1 is 1.05 bits per heavy atom. The third-order valence-electron chi connectivity index (χ3n) is 7.58. The third kappa shape index (κ3) is 5.34. The highest BCUT2D eigenvalue weighted by atomic mass is 16.3. The van der Waals surface area contributed by atoms with E-state index in [9.17, 15) is 9.90 Å². The van der Waals surface area contributed by atoms with Crippen molar-refractivity contribution in [2.24, 2.45) is 0 Å². The van der Waals surface area contributed by atoms with Gasteiger partial charge in [0.2, 0.25) is 0 Å². The number of carbonyl (C=O) groups is 1. The zero-order valence-electron chi connectivity index (χ0n) is 22.0. The molecule has 1 saturated heterocycles. The number of aryl methyl sites for hydroxylation is 2. The molecule has 0 saturated carbocycles. The van der Waals surface area contributed by atoms with E-state index in [2.05, 4.69) is 44.4 Å². The number of nitrogens with zero attached hydrogens (tertiary/aromatic N) is 6. The van der Waals surface area contributed by atoms with Crippen molar-refractivity contribution in [1.82, 2.24) is 29.5 Å². The zero-order chi connectivity index (χ0) is 26.9. The minimum absolute atomic E-state index is 0.0999. The van der Waals surface area contributed by atoms with E-state index in [1.54, 1.807) is 24.5 Å². The number of benzene rings is 2. The van der Waals surface area contributed by atoms with Gasteiger partial charge in [-0.3, -0.25) is 4.79 Å². The molecule has 200 valence electrons. The first kappa shape index (κ1) is 25.0. The molecule has 1 aliphatic carbocycles. The summed E-state index contributed by atoms with van der Waals surface area (Å²) in [4.78, 5) is 27.1. The predicted octanol–water partition coefficient (Wildman–Crippen LogP) is 2.76. The quantitative estimate of drug-likeness (QED) is 0.352. The van der Waals surface area contributed by atoms with Gasteiger partial charge in [-0.25, -0.2) is 14.6 Å². The van der Waals surface area contributed by atoms with Crippen molar-refractivity contribution >= 4 is 17.4 Å². The molecule has 1 aliphatic heterocycles. The lowest BCUT2D eigenvalue weighted by molar-refractivity contribution is 0.102. The lowest BCUT2D eigenvalue weighted by atomic mass is 9.90. The SMILES string of the molecule is CN1CCN(CCc2ccc(NC(=O)c3cn(-c4ncc5c(n4)-c4ccc(O)cc4CC5)nc3N)cc2)CC1. The Morgan fingerprint density at radius 2 is 1.82 bits per heavy atom. The molecule has 2 aromatic carbocycles. The van der Waals surface area contributed by atoms with E-state index in [0.29, 0.717) is 11.6 Å². The van der Waals surface area contributed by atoms with Gasteiger partial charge in [0.15, 0.2) is 5.82 Å². The average molecular weight is 525 g/mol. The number of piperazine rings is 1. The van der Waals surface area contributed by atoms with Crippen LogP contribution in [0.5, 0.6) is 5.75 Å². The van der Waals surface area contributed by atoms with Crippen LogP contribution in [0.1, 0.15) is 27.0 Å². The predicted molar refractivity (Wildman–Crippen MR) is 150 cm³/mol. The molecular formula is C29H32N8O2. The minimum Gasteiger partial charge on any atom is -0.508 e. The van der Waals surface area contributed by atoms with Crippen molar-refractivity contribution in [2.75, 3.05) is 50.8 Å². The first-order valence-corrected chi connectivity index (χ1v) is 13.3. The van der Waals surface area contributed by atoms with Crippen LogP contribution in [-0.2, 0) is 19.3 Å². The molecule has 10 heteroatoms. The van der Waals surface area contributed by atoms with Crippen LogP contribution >= 0.6 is 0 Å². The summed E-state index contributed by atoms with van der Waals surface area (Å²) in [7, 11) is 2.16. The molecule has 4 aromatic rings. The number of nitrogens with one attached hydrogen (secondary N) is 1. The van der Waals surface area contributed by atoms with Crippen molar-refractivity contribution < 1.29 is 9.90 Å². The lowest BCUT2D eigenvalue weighted by Gasteiger charge is -2.32. The molecular weight excluding hydrogens is 492 g/mol. The molecule has 1 fully saturated rings. The van der Waals surface area contributed by atoms with Crippen LogP contribution in [0, 0.1) is 0 Å². The second-order valence-corrected chi connectivity index (χ2v) is 10.3. The monoisotopic (exact) mass is 524 g/mol. The normalized spacial score (nSPS) is 15.5. The summed E-state index contributed by atoms with van der Waals surface area (Å²) in [6, 6.07) is 13.2. The highest BCUT2D eigenvalue weighted by Crippen LogP contribution is 2.34. The number of nitrogen functional groups attached to an aromatic ring is 1. The van der Waals surface area contributed by atoms with Gasteiger partial charge in [-0.2, -0.15) is 0 Å². The number of hydrogen-bond donors (Lipinski definition) is 3. The van der Waals surface area contributed by atoms with Crippen molar-refractivity contribution in [2.45, 2.75) is 19.3 Å². The summed E-state index contributed by atoms with van der Waals surface area (Å²) in [5.41, 5.74) is 12.1. The Bertz CT molecular complexity index is 1510. The molecule has 10 nitrogen and oxygen atoms in total. The van der Waals surface area contributed by atoms with Gasteiger partial charge in [0.25, 0.3) is 11.9 Å². The molecule has 2 aromatic heterocycles. The fourth-order valence-corrected chi connectivity index (χ4v) is 5.19. The van der Waals surface area contributed by atoms with E-state index in [-0.39, 0.29) is 23.0 Å². The highest BCUT2D eigenvalue weighted by molar-refractivity contribution is 6.07. The summed E-state index contributed by atoms with van der Waals surface area (Å²) >= 11 is 0. The fraction of sp³-hybridized carbons (Fsp3) is 0.310. The van der Waals surface area contributed by atoms with E-state index >= 15 is 0 Å². The van der Waals surface area contributed by atoms with E-state index in [1.165, 1.54) is 10.2 Å². The molecule has 0 spiro atoms. The highest BCUT2D eigenvalue weighted by Gasteiger charge is 2.21. The van der Waals surface area contributed by atoms with Gasteiger partial charge >= 0.3 is 0 Å². The standard InChI is InChI=1S/C29H32N8O2/c1-35-12-14-36(15-13-35)11-10-19-2-6-22(7-3-19)32-28(39)25-18-37(34-27(25)30)29-31-17-21-5-4-20-16-23(38)8-9-24(20)26(21)33-29/h2-3,6-9,16-18,38H,4-5,10-15H2,1H3,(H2,30,34)(H,32,39). The van der Waals surface area contributed by atoms with Crippen LogP contribution in [0.2, 0.25) is 0 Å². The number of phenolic OH excluding ortho intramolecular Hbond substituents is 1. The first-order chi connectivity index (χ1) is 18.9. The molecule has 3 heterocycles. The topological polar surface area (TPSA) is 125 Å². The van der Waals surface area contributed by atoms with Crippen LogP contribution in [0.3, 0.4) is 0 Å². The number of anilines is 2. The molecule has 0 unspecified atom stereocenters. The fourth-order valence-electron chi connectivity index (χ4n) is 5.19. The van der Waals surface area contributed by atoms with E-state index in [1.807, 2.05) is 18.2 Å². The Balaban J connectivity index is 1.13. The van der Waals surface area contributed by atoms with Crippen LogP contribution in [0.4, 0.5) is 11.5 Å². The van der Waals surface area contributed by atoms with Crippen molar-refractivity contribution in [3.8, 4) is 23.0 Å². The number of aromatic hydroxyl groups is 1. The minimum atomic E-state index is -0.345. The Morgan fingerprint density at radius 3 is 2.62 bits per heavy atom.